The standard InChI is InChI=1S/C28H25ClF3N5O4/c1-3-4-23(24(38)10-15-5-7-17(28(33)40)20(30)9-15)36-14-25(41-2)19(12-26(36)39)18-11-16(29)6-8-22(18)37-13-21(27(31)32)34-35-37/h5-9,11-14,23,27H,3-4,10H2,1-2H3,(H2,33,40). The lowest BCUT2D eigenvalue weighted by Crippen LogP contribution is -2.30. The average molecular weight is 588 g/mol. The number of benzene rings is 2. The van der Waals surface area contributed by atoms with E-state index in [1.807, 2.05) is 6.92 Å². The Kier molecular flexibility index (Phi) is 8.92. The number of primary amides is 1. The average Bonchev–Trinajstić information content (AvgIpc) is 3.42. The molecule has 2 aromatic carbocycles. The largest absolute Gasteiger partial charge is 0.495 e. The minimum atomic E-state index is -2.83. The number of Topliss-reactive ketones (excluding diaryl/α,β-unsaturated/α-hetero) is 1. The number of amides is 1. The molecule has 13 heteroatoms. The molecule has 4 rings (SSSR count). The van der Waals surface area contributed by atoms with E-state index in [0.29, 0.717) is 34.7 Å². The molecule has 2 heterocycles. The summed E-state index contributed by atoms with van der Waals surface area (Å²) in [4.78, 5) is 38.1. The van der Waals surface area contributed by atoms with Gasteiger partial charge in [0.15, 0.2) is 5.78 Å². The highest BCUT2D eigenvalue weighted by Gasteiger charge is 2.25. The Morgan fingerprint density at radius 2 is 1.85 bits per heavy atom. The second-order valence-electron chi connectivity index (χ2n) is 9.18. The number of pyridine rings is 1. The number of ether oxygens (including phenoxy) is 1. The number of halogens is 4. The van der Waals surface area contributed by atoms with Gasteiger partial charge >= 0.3 is 0 Å². The maximum Gasteiger partial charge on any atom is 0.283 e. The predicted octanol–water partition coefficient (Wildman–Crippen LogP) is 5.09. The van der Waals surface area contributed by atoms with Crippen LogP contribution in [0.4, 0.5) is 13.2 Å². The van der Waals surface area contributed by atoms with Gasteiger partial charge in [-0.2, -0.15) is 0 Å². The summed E-state index contributed by atoms with van der Waals surface area (Å²) < 4.78 is 48.5. The topological polar surface area (TPSA) is 122 Å². The zero-order chi connectivity index (χ0) is 29.8. The number of nitrogens with zero attached hydrogens (tertiary/aromatic N) is 4. The molecule has 4 aromatic rings. The molecule has 1 amide bonds. The number of aromatic nitrogens is 4. The number of hydrogen-bond acceptors (Lipinski definition) is 6. The van der Waals surface area contributed by atoms with E-state index in [4.69, 9.17) is 22.1 Å². The summed E-state index contributed by atoms with van der Waals surface area (Å²) in [6.07, 6.45) is 0.292. The third-order valence-electron chi connectivity index (χ3n) is 6.44. The maximum atomic E-state index is 14.3. The molecule has 0 spiro atoms. The van der Waals surface area contributed by atoms with Crippen molar-refractivity contribution in [2.75, 3.05) is 7.11 Å². The Labute approximate surface area is 237 Å². The van der Waals surface area contributed by atoms with Crippen molar-refractivity contribution in [3.63, 3.8) is 0 Å². The fourth-order valence-electron chi connectivity index (χ4n) is 4.48. The van der Waals surface area contributed by atoms with E-state index in [2.05, 4.69) is 10.3 Å². The van der Waals surface area contributed by atoms with Crippen LogP contribution in [0, 0.1) is 5.82 Å². The molecule has 0 radical (unpaired) electrons. The summed E-state index contributed by atoms with van der Waals surface area (Å²) in [6, 6.07) is 8.67. The van der Waals surface area contributed by atoms with Crippen LogP contribution in [0.1, 0.15) is 53.8 Å². The van der Waals surface area contributed by atoms with Crippen molar-refractivity contribution in [1.29, 1.82) is 0 Å². The summed E-state index contributed by atoms with van der Waals surface area (Å²) in [6.45, 7) is 1.85. The molecule has 0 saturated heterocycles. The summed E-state index contributed by atoms with van der Waals surface area (Å²) in [5.41, 5.74) is 5.05. The van der Waals surface area contributed by atoms with Crippen molar-refractivity contribution in [2.24, 2.45) is 5.73 Å². The van der Waals surface area contributed by atoms with Gasteiger partial charge in [-0.05, 0) is 42.3 Å². The van der Waals surface area contributed by atoms with Crippen molar-refractivity contribution in [3.05, 3.63) is 92.9 Å². The van der Waals surface area contributed by atoms with E-state index >= 15 is 0 Å². The van der Waals surface area contributed by atoms with E-state index < -0.39 is 35.4 Å². The van der Waals surface area contributed by atoms with Crippen molar-refractivity contribution < 1.29 is 27.5 Å². The van der Waals surface area contributed by atoms with Crippen LogP contribution in [0.25, 0.3) is 16.8 Å². The highest BCUT2D eigenvalue weighted by Crippen LogP contribution is 2.36. The number of carbonyl (C=O) groups is 2. The van der Waals surface area contributed by atoms with E-state index in [9.17, 15) is 27.6 Å². The third-order valence-corrected chi connectivity index (χ3v) is 6.68. The molecule has 1 unspecified atom stereocenters. The van der Waals surface area contributed by atoms with E-state index in [-0.39, 0.29) is 29.1 Å². The van der Waals surface area contributed by atoms with Crippen LogP contribution in [0.2, 0.25) is 5.02 Å². The van der Waals surface area contributed by atoms with Gasteiger partial charge in [0.05, 0.1) is 36.8 Å². The Bertz CT molecular complexity index is 1670. The first-order chi connectivity index (χ1) is 19.5. The van der Waals surface area contributed by atoms with E-state index in [1.165, 1.54) is 48.2 Å². The Hall–Kier alpha value is -4.45. The second kappa shape index (κ2) is 12.4. The van der Waals surface area contributed by atoms with Crippen molar-refractivity contribution >= 4 is 23.3 Å². The molecule has 0 bridgehead atoms. The van der Waals surface area contributed by atoms with Crippen LogP contribution in [0.3, 0.4) is 0 Å². The molecule has 0 fully saturated rings. The molecule has 214 valence electrons. The SMILES string of the molecule is CCCC(C(=O)Cc1ccc(C(N)=O)c(F)c1)n1cc(OC)c(-c2cc(Cl)ccc2-n2cc(C(F)F)nn2)cc1=O. The van der Waals surface area contributed by atoms with Crippen LogP contribution in [-0.2, 0) is 11.2 Å². The molecule has 9 nitrogen and oxygen atoms in total. The Balaban J connectivity index is 1.75. The zero-order valence-electron chi connectivity index (χ0n) is 22.0. The number of rotatable bonds is 11. The van der Waals surface area contributed by atoms with Crippen LogP contribution in [0.5, 0.6) is 5.75 Å². The lowest BCUT2D eigenvalue weighted by atomic mass is 9.98. The summed E-state index contributed by atoms with van der Waals surface area (Å²) in [5, 5.41) is 7.57. The highest BCUT2D eigenvalue weighted by molar-refractivity contribution is 6.31. The third kappa shape index (κ3) is 6.32. The van der Waals surface area contributed by atoms with Gasteiger partial charge in [-0.1, -0.05) is 36.2 Å². The summed E-state index contributed by atoms with van der Waals surface area (Å²) in [5.74, 6) is -1.93. The fraction of sp³-hybridized carbons (Fsp3) is 0.250. The molecule has 1 atom stereocenters. The van der Waals surface area contributed by atoms with Crippen LogP contribution >= 0.6 is 11.6 Å². The smallest absolute Gasteiger partial charge is 0.283 e. The van der Waals surface area contributed by atoms with Gasteiger partial charge < -0.3 is 15.0 Å². The second-order valence-corrected chi connectivity index (χ2v) is 9.61. The molecule has 0 aliphatic carbocycles. The van der Waals surface area contributed by atoms with Crippen molar-refractivity contribution in [1.82, 2.24) is 19.6 Å². The molecular weight excluding hydrogens is 563 g/mol. The normalized spacial score (nSPS) is 12.0. The predicted molar refractivity (Wildman–Crippen MR) is 145 cm³/mol. The van der Waals surface area contributed by atoms with E-state index in [1.54, 1.807) is 6.07 Å². The Morgan fingerprint density at radius 1 is 1.10 bits per heavy atom. The van der Waals surface area contributed by atoms with Gasteiger partial charge in [-0.25, -0.2) is 17.9 Å². The van der Waals surface area contributed by atoms with Gasteiger partial charge in [0.1, 0.15) is 17.3 Å². The minimum Gasteiger partial charge on any atom is -0.495 e. The molecule has 41 heavy (non-hydrogen) atoms. The first kappa shape index (κ1) is 29.5. The zero-order valence-corrected chi connectivity index (χ0v) is 22.7. The molecule has 0 aliphatic rings. The van der Waals surface area contributed by atoms with Gasteiger partial charge in [-0.3, -0.25) is 14.4 Å². The lowest BCUT2D eigenvalue weighted by molar-refractivity contribution is -0.121. The van der Waals surface area contributed by atoms with E-state index in [0.717, 1.165) is 16.9 Å². The van der Waals surface area contributed by atoms with Crippen LogP contribution in [-0.4, -0.2) is 38.4 Å². The Morgan fingerprint density at radius 3 is 2.46 bits per heavy atom. The monoisotopic (exact) mass is 587 g/mol. The number of nitrogens with two attached hydrogens (primary N) is 1. The number of ketones is 1. The van der Waals surface area contributed by atoms with Crippen LogP contribution < -0.4 is 16.0 Å². The highest BCUT2D eigenvalue weighted by atomic mass is 35.5. The first-order valence-electron chi connectivity index (χ1n) is 12.5. The minimum absolute atomic E-state index is 0.200. The van der Waals surface area contributed by atoms with Gasteiger partial charge in [-0.15, -0.1) is 5.10 Å². The lowest BCUT2D eigenvalue weighted by Gasteiger charge is -2.21. The van der Waals surface area contributed by atoms with Gasteiger partial charge in [0.25, 0.3) is 17.9 Å². The van der Waals surface area contributed by atoms with Gasteiger partial charge in [0, 0.05) is 28.6 Å². The first-order valence-corrected chi connectivity index (χ1v) is 12.8. The molecular formula is C28H25ClF3N5O4. The quantitative estimate of drug-likeness (QED) is 0.261. The number of methoxy groups -OCH3 is 1. The van der Waals surface area contributed by atoms with Gasteiger partial charge in [0.2, 0.25) is 0 Å². The van der Waals surface area contributed by atoms with Crippen molar-refractivity contribution in [3.8, 4) is 22.6 Å². The molecule has 2 N–H and O–H groups in total. The number of carbonyl (C=O) groups excluding carboxylic acids is 2. The molecule has 2 aromatic heterocycles. The van der Waals surface area contributed by atoms with Crippen LogP contribution in [0.15, 0.2) is 59.7 Å². The molecule has 0 aliphatic heterocycles. The summed E-state index contributed by atoms with van der Waals surface area (Å²) in [7, 11) is 1.38. The number of alkyl halides is 2. The molecule has 0 saturated carbocycles. The summed E-state index contributed by atoms with van der Waals surface area (Å²) >= 11 is 6.24. The fourth-order valence-corrected chi connectivity index (χ4v) is 4.65. The number of hydrogen-bond donors (Lipinski definition) is 1. The maximum absolute atomic E-state index is 14.3. The van der Waals surface area contributed by atoms with Crippen molar-refractivity contribution in [2.45, 2.75) is 38.7 Å².